The topological polar surface area (TPSA) is 95.9 Å². The van der Waals surface area contributed by atoms with Gasteiger partial charge >= 0.3 is 5.97 Å². The minimum atomic E-state index is -0.851. The summed E-state index contributed by atoms with van der Waals surface area (Å²) in [4.78, 5) is 24.6. The standard InChI is InChI=1S/C71H137NO5/c1-3-5-7-9-11-13-15-17-19-21-22-23-24-25-28-32-35-39-43-47-51-55-59-63-69(74)68(67-73)72-70(75)64-60-56-52-48-44-40-36-33-29-26-27-30-34-38-42-46-50-54-58-62-66-77-71(76)65-61-57-53-49-45-41-37-31-20-18-16-14-12-10-8-6-4-2/h26,29,59,63,68-69,73-74H,3-25,27-28,30-58,60-62,64-67H2,1-2H3,(H,72,75)/b29-26-,63-59+. The van der Waals surface area contributed by atoms with Crippen molar-refractivity contribution in [3.05, 3.63) is 24.3 Å². The SMILES string of the molecule is CCCCCCCCCCCCCCCCCCCCCCC/C=C/C(O)C(CO)NC(=O)CCCCCCCCC/C=C\CCCCCCCCCCCOC(=O)CCCCCCCCCCCCCCCCCCC. The summed E-state index contributed by atoms with van der Waals surface area (Å²) >= 11 is 0. The maximum Gasteiger partial charge on any atom is 0.305 e. The van der Waals surface area contributed by atoms with Crippen LogP contribution < -0.4 is 5.32 Å². The molecule has 0 aromatic heterocycles. The highest BCUT2D eigenvalue weighted by molar-refractivity contribution is 5.76. The molecule has 0 saturated carbocycles. The van der Waals surface area contributed by atoms with Crippen LogP contribution in [-0.2, 0) is 14.3 Å². The Hall–Kier alpha value is -1.66. The molecule has 0 spiro atoms. The van der Waals surface area contributed by atoms with Crippen LogP contribution in [0.2, 0.25) is 0 Å². The van der Waals surface area contributed by atoms with Gasteiger partial charge in [-0.2, -0.15) is 0 Å². The minimum absolute atomic E-state index is 0.0104. The van der Waals surface area contributed by atoms with Crippen LogP contribution in [-0.4, -0.2) is 47.4 Å². The maximum atomic E-state index is 12.5. The predicted octanol–water partition coefficient (Wildman–Crippen LogP) is 22.5. The Labute approximate surface area is 481 Å². The van der Waals surface area contributed by atoms with E-state index in [1.54, 1.807) is 6.08 Å². The van der Waals surface area contributed by atoms with Gasteiger partial charge in [0.2, 0.25) is 5.91 Å². The average Bonchev–Trinajstić information content (AvgIpc) is 3.43. The van der Waals surface area contributed by atoms with Gasteiger partial charge in [0.1, 0.15) is 0 Å². The van der Waals surface area contributed by atoms with Crippen molar-refractivity contribution in [3.8, 4) is 0 Å². The van der Waals surface area contributed by atoms with E-state index in [9.17, 15) is 19.8 Å². The minimum Gasteiger partial charge on any atom is -0.466 e. The number of aliphatic hydroxyl groups excluding tert-OH is 2. The summed E-state index contributed by atoms with van der Waals surface area (Å²) < 4.78 is 5.50. The number of amides is 1. The quantitative estimate of drug-likeness (QED) is 0.0320. The van der Waals surface area contributed by atoms with Gasteiger partial charge < -0.3 is 20.3 Å². The van der Waals surface area contributed by atoms with E-state index >= 15 is 0 Å². The second-order valence-corrected chi connectivity index (χ2v) is 24.2. The summed E-state index contributed by atoms with van der Waals surface area (Å²) in [6, 6.07) is -0.635. The molecule has 0 rings (SSSR count). The lowest BCUT2D eigenvalue weighted by molar-refractivity contribution is -0.143. The van der Waals surface area contributed by atoms with Gasteiger partial charge in [-0.1, -0.05) is 346 Å². The highest BCUT2D eigenvalue weighted by atomic mass is 16.5. The van der Waals surface area contributed by atoms with Gasteiger partial charge in [0.05, 0.1) is 25.4 Å². The van der Waals surface area contributed by atoms with Crippen LogP contribution >= 0.6 is 0 Å². The molecule has 0 aliphatic heterocycles. The van der Waals surface area contributed by atoms with Crippen molar-refractivity contribution in [1.82, 2.24) is 5.32 Å². The third-order valence-electron chi connectivity index (χ3n) is 16.5. The fourth-order valence-electron chi connectivity index (χ4n) is 11.1. The molecule has 3 N–H and O–H groups in total. The van der Waals surface area contributed by atoms with Gasteiger partial charge in [-0.05, 0) is 57.8 Å². The molecule has 456 valence electrons. The van der Waals surface area contributed by atoms with E-state index in [0.29, 0.717) is 19.4 Å². The molecule has 0 saturated heterocycles. The van der Waals surface area contributed by atoms with E-state index in [1.807, 2.05) is 6.08 Å². The van der Waals surface area contributed by atoms with Crippen LogP contribution in [0, 0.1) is 0 Å². The lowest BCUT2D eigenvalue weighted by atomic mass is 10.0. The smallest absolute Gasteiger partial charge is 0.305 e. The normalized spacial score (nSPS) is 12.6. The number of hydrogen-bond acceptors (Lipinski definition) is 5. The molecule has 0 aromatic carbocycles. The van der Waals surface area contributed by atoms with E-state index < -0.39 is 12.1 Å². The predicted molar refractivity (Wildman–Crippen MR) is 338 cm³/mol. The zero-order valence-corrected chi connectivity index (χ0v) is 52.2. The van der Waals surface area contributed by atoms with Crippen LogP contribution in [0.25, 0.3) is 0 Å². The Kier molecular flexibility index (Phi) is 65.4. The van der Waals surface area contributed by atoms with Crippen LogP contribution in [0.5, 0.6) is 0 Å². The Balaban J connectivity index is 3.44. The fraction of sp³-hybridized carbons (Fsp3) is 0.915. The number of allylic oxidation sites excluding steroid dienone is 3. The van der Waals surface area contributed by atoms with Crippen molar-refractivity contribution in [1.29, 1.82) is 0 Å². The highest BCUT2D eigenvalue weighted by Gasteiger charge is 2.18. The van der Waals surface area contributed by atoms with Crippen LogP contribution in [0.15, 0.2) is 24.3 Å². The fourth-order valence-corrected chi connectivity index (χ4v) is 11.1. The molecule has 0 bridgehead atoms. The van der Waals surface area contributed by atoms with E-state index in [1.165, 1.54) is 321 Å². The van der Waals surface area contributed by atoms with Crippen LogP contribution in [0.1, 0.15) is 393 Å². The summed E-state index contributed by atoms with van der Waals surface area (Å²) in [5.74, 6) is -0.0619. The number of aliphatic hydroxyl groups is 2. The van der Waals surface area contributed by atoms with Crippen molar-refractivity contribution in [2.24, 2.45) is 0 Å². The van der Waals surface area contributed by atoms with Crippen LogP contribution in [0.3, 0.4) is 0 Å². The van der Waals surface area contributed by atoms with Gasteiger partial charge in [0.15, 0.2) is 0 Å². The lowest BCUT2D eigenvalue weighted by Crippen LogP contribution is -2.45. The van der Waals surface area contributed by atoms with E-state index in [4.69, 9.17) is 4.74 Å². The van der Waals surface area contributed by atoms with Gasteiger partial charge in [-0.3, -0.25) is 9.59 Å². The number of carbonyl (C=O) groups excluding carboxylic acids is 2. The first kappa shape index (κ1) is 75.3. The second kappa shape index (κ2) is 66.8. The van der Waals surface area contributed by atoms with E-state index in [2.05, 4.69) is 31.3 Å². The Morgan fingerprint density at radius 2 is 0.610 bits per heavy atom. The molecule has 0 aliphatic carbocycles. The molecule has 1 amide bonds. The average molecular weight is 1080 g/mol. The molecule has 2 atom stereocenters. The molecule has 6 heteroatoms. The maximum absolute atomic E-state index is 12.5. The zero-order chi connectivity index (χ0) is 55.7. The summed E-state index contributed by atoms with van der Waals surface area (Å²) in [6.45, 7) is 4.94. The monoisotopic (exact) mass is 1080 g/mol. The molecular weight excluding hydrogens is 947 g/mol. The number of carbonyl (C=O) groups is 2. The molecule has 77 heavy (non-hydrogen) atoms. The largest absolute Gasteiger partial charge is 0.466 e. The first-order valence-electron chi connectivity index (χ1n) is 35.1. The lowest BCUT2D eigenvalue weighted by Gasteiger charge is -2.20. The van der Waals surface area contributed by atoms with E-state index in [0.717, 1.165) is 44.9 Å². The highest BCUT2D eigenvalue weighted by Crippen LogP contribution is 2.19. The van der Waals surface area contributed by atoms with Gasteiger partial charge in [-0.15, -0.1) is 0 Å². The van der Waals surface area contributed by atoms with Crippen molar-refractivity contribution in [2.45, 2.75) is 405 Å². The van der Waals surface area contributed by atoms with Crippen molar-refractivity contribution in [2.75, 3.05) is 13.2 Å². The van der Waals surface area contributed by atoms with Crippen molar-refractivity contribution < 1.29 is 24.5 Å². The number of esters is 1. The summed E-state index contributed by atoms with van der Waals surface area (Å²) in [6.07, 6.45) is 83.9. The molecule has 0 heterocycles. The molecular formula is C71H137NO5. The van der Waals surface area contributed by atoms with Gasteiger partial charge in [0, 0.05) is 12.8 Å². The summed E-state index contributed by atoms with van der Waals surface area (Å²) in [5, 5.41) is 23.3. The number of hydrogen-bond donors (Lipinski definition) is 3. The number of nitrogens with one attached hydrogen (secondary N) is 1. The van der Waals surface area contributed by atoms with E-state index in [-0.39, 0.29) is 18.5 Å². The molecule has 6 nitrogen and oxygen atoms in total. The molecule has 0 aliphatic rings. The van der Waals surface area contributed by atoms with Crippen molar-refractivity contribution >= 4 is 11.9 Å². The van der Waals surface area contributed by atoms with Crippen molar-refractivity contribution in [3.63, 3.8) is 0 Å². The number of rotatable bonds is 66. The first-order chi connectivity index (χ1) is 38.0. The second-order valence-electron chi connectivity index (χ2n) is 24.2. The summed E-state index contributed by atoms with van der Waals surface area (Å²) in [5.41, 5.74) is 0. The number of unbranched alkanes of at least 4 members (excludes halogenated alkanes) is 53. The molecule has 0 radical (unpaired) electrons. The molecule has 2 unspecified atom stereocenters. The zero-order valence-electron chi connectivity index (χ0n) is 52.2. The first-order valence-corrected chi connectivity index (χ1v) is 35.1. The Bertz CT molecular complexity index is 1200. The van der Waals surface area contributed by atoms with Crippen LogP contribution in [0.4, 0.5) is 0 Å². The Morgan fingerprint density at radius 3 is 0.922 bits per heavy atom. The third kappa shape index (κ3) is 63.4. The third-order valence-corrected chi connectivity index (χ3v) is 16.5. The summed E-state index contributed by atoms with van der Waals surface area (Å²) in [7, 11) is 0. The molecule has 0 fully saturated rings. The van der Waals surface area contributed by atoms with Gasteiger partial charge in [-0.25, -0.2) is 0 Å². The van der Waals surface area contributed by atoms with Gasteiger partial charge in [0.25, 0.3) is 0 Å². The molecule has 0 aromatic rings. The Morgan fingerprint density at radius 1 is 0.351 bits per heavy atom. The number of ether oxygens (including phenoxy) is 1.